The van der Waals surface area contributed by atoms with Gasteiger partial charge >= 0.3 is 6.09 Å². The SMILES string of the molecule is O=C(Nc1cccc(-c2ccccc2)c1)O[C@H]1C[C@H]2CC[C@@H]1C2. The Morgan fingerprint density at radius 2 is 1.78 bits per heavy atom. The average Bonchev–Trinajstić information content (AvgIpc) is 3.18. The van der Waals surface area contributed by atoms with Gasteiger partial charge in [-0.25, -0.2) is 4.79 Å². The summed E-state index contributed by atoms with van der Waals surface area (Å²) in [5.74, 6) is 1.36. The van der Waals surface area contributed by atoms with Crippen LogP contribution in [0.25, 0.3) is 11.1 Å². The predicted molar refractivity (Wildman–Crippen MR) is 91.2 cm³/mol. The number of anilines is 1. The molecule has 1 N–H and O–H groups in total. The molecule has 4 rings (SSSR count). The second kappa shape index (κ2) is 6.07. The first-order valence-electron chi connectivity index (χ1n) is 8.41. The zero-order valence-corrected chi connectivity index (χ0v) is 13.1. The lowest BCUT2D eigenvalue weighted by atomic mass is 9.98. The summed E-state index contributed by atoms with van der Waals surface area (Å²) in [6.45, 7) is 0. The summed E-state index contributed by atoms with van der Waals surface area (Å²) in [5, 5.41) is 2.88. The molecule has 118 valence electrons. The largest absolute Gasteiger partial charge is 0.446 e. The van der Waals surface area contributed by atoms with E-state index in [2.05, 4.69) is 17.4 Å². The molecule has 0 aliphatic heterocycles. The quantitative estimate of drug-likeness (QED) is 0.857. The molecule has 3 atom stereocenters. The van der Waals surface area contributed by atoms with Crippen LogP contribution in [0.4, 0.5) is 10.5 Å². The van der Waals surface area contributed by atoms with E-state index in [0.29, 0.717) is 5.92 Å². The maximum atomic E-state index is 12.2. The number of fused-ring (bicyclic) bond motifs is 2. The number of carbonyl (C=O) groups excluding carboxylic acids is 1. The fourth-order valence-electron chi connectivity index (χ4n) is 4.02. The highest BCUT2D eigenvalue weighted by molar-refractivity contribution is 5.86. The van der Waals surface area contributed by atoms with Crippen LogP contribution in [0.3, 0.4) is 0 Å². The first kappa shape index (κ1) is 14.3. The minimum absolute atomic E-state index is 0.117. The van der Waals surface area contributed by atoms with Crippen molar-refractivity contribution in [1.82, 2.24) is 0 Å². The highest BCUT2D eigenvalue weighted by Crippen LogP contribution is 2.45. The van der Waals surface area contributed by atoms with E-state index in [1.165, 1.54) is 19.3 Å². The molecule has 0 spiro atoms. The second-order valence-electron chi connectivity index (χ2n) is 6.69. The van der Waals surface area contributed by atoms with Gasteiger partial charge < -0.3 is 4.74 Å². The van der Waals surface area contributed by atoms with Gasteiger partial charge in [-0.3, -0.25) is 5.32 Å². The molecule has 0 heterocycles. The van der Waals surface area contributed by atoms with Gasteiger partial charge in [-0.1, -0.05) is 42.5 Å². The normalized spacial score (nSPS) is 25.3. The summed E-state index contributed by atoms with van der Waals surface area (Å²) in [6, 6.07) is 18.0. The molecule has 2 aromatic rings. The van der Waals surface area contributed by atoms with Crippen molar-refractivity contribution in [3.8, 4) is 11.1 Å². The predicted octanol–water partition coefficient (Wildman–Crippen LogP) is 5.09. The third-order valence-electron chi connectivity index (χ3n) is 5.15. The van der Waals surface area contributed by atoms with Crippen LogP contribution in [-0.4, -0.2) is 12.2 Å². The van der Waals surface area contributed by atoms with Gasteiger partial charge in [0.15, 0.2) is 0 Å². The Labute approximate surface area is 136 Å². The molecule has 3 heteroatoms. The number of amides is 1. The molecule has 23 heavy (non-hydrogen) atoms. The maximum Gasteiger partial charge on any atom is 0.411 e. The summed E-state index contributed by atoms with van der Waals surface area (Å²) in [7, 11) is 0. The lowest BCUT2D eigenvalue weighted by molar-refractivity contribution is 0.0755. The molecule has 0 radical (unpaired) electrons. The summed E-state index contributed by atoms with van der Waals surface area (Å²) in [5.41, 5.74) is 3.00. The number of nitrogens with one attached hydrogen (secondary N) is 1. The van der Waals surface area contributed by atoms with Crippen molar-refractivity contribution < 1.29 is 9.53 Å². The number of hydrogen-bond acceptors (Lipinski definition) is 2. The second-order valence-corrected chi connectivity index (χ2v) is 6.69. The van der Waals surface area contributed by atoms with Crippen LogP contribution < -0.4 is 5.32 Å². The molecule has 2 aromatic carbocycles. The molecule has 3 nitrogen and oxygen atoms in total. The van der Waals surface area contributed by atoms with E-state index in [-0.39, 0.29) is 12.2 Å². The number of ether oxygens (including phenoxy) is 1. The fourth-order valence-corrected chi connectivity index (χ4v) is 4.02. The zero-order chi connectivity index (χ0) is 15.6. The molecule has 0 saturated heterocycles. The van der Waals surface area contributed by atoms with Crippen LogP contribution >= 0.6 is 0 Å². The van der Waals surface area contributed by atoms with Crippen molar-refractivity contribution in [3.05, 3.63) is 54.6 Å². The van der Waals surface area contributed by atoms with E-state index in [4.69, 9.17) is 4.74 Å². The fraction of sp³-hybridized carbons (Fsp3) is 0.350. The van der Waals surface area contributed by atoms with E-state index in [9.17, 15) is 4.79 Å². The Bertz CT molecular complexity index is 698. The first-order valence-corrected chi connectivity index (χ1v) is 8.41. The molecule has 2 aliphatic rings. The zero-order valence-electron chi connectivity index (χ0n) is 13.1. The van der Waals surface area contributed by atoms with Crippen LogP contribution in [0, 0.1) is 11.8 Å². The number of benzene rings is 2. The van der Waals surface area contributed by atoms with Crippen LogP contribution in [-0.2, 0) is 4.74 Å². The van der Waals surface area contributed by atoms with Crippen molar-refractivity contribution in [1.29, 1.82) is 0 Å². The van der Waals surface area contributed by atoms with E-state index in [1.54, 1.807) is 0 Å². The molecular formula is C20H21NO2. The Morgan fingerprint density at radius 1 is 0.957 bits per heavy atom. The first-order chi connectivity index (χ1) is 11.3. The van der Waals surface area contributed by atoms with Gasteiger partial charge in [0, 0.05) is 5.69 Å². The highest BCUT2D eigenvalue weighted by Gasteiger charge is 2.41. The molecule has 2 saturated carbocycles. The van der Waals surface area contributed by atoms with Crippen molar-refractivity contribution in [2.75, 3.05) is 5.32 Å². The summed E-state index contributed by atoms with van der Waals surface area (Å²) >= 11 is 0. The topological polar surface area (TPSA) is 38.3 Å². The number of rotatable bonds is 3. The van der Waals surface area contributed by atoms with Gasteiger partial charge in [0.1, 0.15) is 6.10 Å². The molecule has 2 aliphatic carbocycles. The van der Waals surface area contributed by atoms with Crippen molar-refractivity contribution in [3.63, 3.8) is 0 Å². The molecule has 2 bridgehead atoms. The van der Waals surface area contributed by atoms with Gasteiger partial charge in [0.2, 0.25) is 0 Å². The molecular weight excluding hydrogens is 286 g/mol. The molecule has 2 fully saturated rings. The van der Waals surface area contributed by atoms with Crippen LogP contribution in [0.15, 0.2) is 54.6 Å². The van der Waals surface area contributed by atoms with E-state index in [1.807, 2.05) is 42.5 Å². The van der Waals surface area contributed by atoms with E-state index in [0.717, 1.165) is 29.2 Å². The van der Waals surface area contributed by atoms with Crippen LogP contribution in [0.5, 0.6) is 0 Å². The van der Waals surface area contributed by atoms with Gasteiger partial charge in [-0.2, -0.15) is 0 Å². The lowest BCUT2D eigenvalue weighted by Gasteiger charge is -2.22. The Balaban J connectivity index is 1.41. The Morgan fingerprint density at radius 3 is 2.52 bits per heavy atom. The minimum Gasteiger partial charge on any atom is -0.446 e. The van der Waals surface area contributed by atoms with Crippen LogP contribution in [0.1, 0.15) is 25.7 Å². The number of hydrogen-bond donors (Lipinski definition) is 1. The highest BCUT2D eigenvalue weighted by atomic mass is 16.6. The van der Waals surface area contributed by atoms with E-state index >= 15 is 0 Å². The van der Waals surface area contributed by atoms with Gasteiger partial charge in [-0.05, 0) is 60.8 Å². The smallest absolute Gasteiger partial charge is 0.411 e. The molecule has 0 aromatic heterocycles. The summed E-state index contributed by atoms with van der Waals surface area (Å²) in [4.78, 5) is 12.2. The Hall–Kier alpha value is -2.29. The van der Waals surface area contributed by atoms with Gasteiger partial charge in [0.25, 0.3) is 0 Å². The monoisotopic (exact) mass is 307 g/mol. The van der Waals surface area contributed by atoms with Crippen LogP contribution in [0.2, 0.25) is 0 Å². The van der Waals surface area contributed by atoms with E-state index < -0.39 is 0 Å². The summed E-state index contributed by atoms with van der Waals surface area (Å²) < 4.78 is 5.64. The molecule has 1 amide bonds. The lowest BCUT2D eigenvalue weighted by Crippen LogP contribution is -2.26. The minimum atomic E-state index is -0.326. The third-order valence-corrected chi connectivity index (χ3v) is 5.15. The van der Waals surface area contributed by atoms with Gasteiger partial charge in [0.05, 0.1) is 0 Å². The van der Waals surface area contributed by atoms with Crippen molar-refractivity contribution in [2.24, 2.45) is 11.8 Å². The number of carbonyl (C=O) groups is 1. The van der Waals surface area contributed by atoms with Crippen molar-refractivity contribution in [2.45, 2.75) is 31.8 Å². The standard InChI is InChI=1S/C20H21NO2/c22-20(23-19-12-14-9-10-17(19)11-14)21-18-8-4-7-16(13-18)15-5-2-1-3-6-15/h1-8,13-14,17,19H,9-12H2,(H,21,22)/t14-,17+,19-/m0/s1. The Kier molecular flexibility index (Phi) is 3.78. The van der Waals surface area contributed by atoms with Gasteiger partial charge in [-0.15, -0.1) is 0 Å². The average molecular weight is 307 g/mol. The van der Waals surface area contributed by atoms with Crippen molar-refractivity contribution >= 4 is 11.8 Å². The molecule has 0 unspecified atom stereocenters. The third kappa shape index (κ3) is 3.09. The maximum absolute atomic E-state index is 12.2. The summed E-state index contributed by atoms with van der Waals surface area (Å²) in [6.07, 6.45) is 4.60.